The Kier molecular flexibility index (Phi) is 3.41. The second-order valence-electron chi connectivity index (χ2n) is 7.74. The van der Waals surface area contributed by atoms with Gasteiger partial charge in [-0.05, 0) is 80.2 Å². The Morgan fingerprint density at radius 2 is 1.75 bits per heavy atom. The van der Waals surface area contributed by atoms with Crippen LogP contribution in [-0.2, 0) is 6.42 Å². The number of nitrogens with zero attached hydrogens (tertiary/aromatic N) is 1. The van der Waals surface area contributed by atoms with E-state index < -0.39 is 0 Å². The van der Waals surface area contributed by atoms with Crippen molar-refractivity contribution in [2.24, 2.45) is 23.2 Å². The number of alkyl halides is 1. The van der Waals surface area contributed by atoms with Crippen LogP contribution in [0.3, 0.4) is 0 Å². The summed E-state index contributed by atoms with van der Waals surface area (Å²) < 4.78 is 0. The van der Waals surface area contributed by atoms with Gasteiger partial charge in [-0.25, -0.2) is 0 Å². The number of hydrogen-bond acceptors (Lipinski definition) is 1. The predicted octanol–water partition coefficient (Wildman–Crippen LogP) is 4.99. The van der Waals surface area contributed by atoms with E-state index in [-0.39, 0.29) is 0 Å². The maximum atomic E-state index is 4.48. The summed E-state index contributed by atoms with van der Waals surface area (Å²) >= 11 is 3.96. The maximum Gasteiger partial charge on any atom is 0.0414 e. The minimum atomic E-state index is 0.605. The van der Waals surface area contributed by atoms with Gasteiger partial charge < -0.3 is 0 Å². The van der Waals surface area contributed by atoms with Crippen LogP contribution in [0, 0.1) is 23.2 Å². The van der Waals surface area contributed by atoms with Gasteiger partial charge in [0.1, 0.15) is 0 Å². The Hall–Kier alpha value is -0.370. The molecule has 108 valence electrons. The average molecular weight is 334 g/mol. The van der Waals surface area contributed by atoms with Gasteiger partial charge in [-0.1, -0.05) is 22.0 Å². The normalized spacial score (nSPS) is 40.0. The summed E-state index contributed by atoms with van der Waals surface area (Å²) in [4.78, 5) is 5.09. The number of aromatic nitrogens is 1. The van der Waals surface area contributed by atoms with Crippen LogP contribution in [0.15, 0.2) is 24.4 Å². The summed E-state index contributed by atoms with van der Waals surface area (Å²) in [6, 6.07) is 6.27. The summed E-state index contributed by atoms with van der Waals surface area (Å²) in [6.07, 6.45) is 13.6. The van der Waals surface area contributed by atoms with E-state index in [4.69, 9.17) is 0 Å². The quantitative estimate of drug-likeness (QED) is 0.707. The highest BCUT2D eigenvalue weighted by atomic mass is 79.9. The SMILES string of the molecule is BrC(Cc1ccccn1)CC12CC3CC(CC(C3)C1)C2. The molecular weight excluding hydrogens is 310 g/mol. The maximum absolute atomic E-state index is 4.48. The smallest absolute Gasteiger partial charge is 0.0414 e. The van der Waals surface area contributed by atoms with E-state index >= 15 is 0 Å². The van der Waals surface area contributed by atoms with Crippen molar-refractivity contribution in [3.8, 4) is 0 Å². The Morgan fingerprint density at radius 1 is 1.10 bits per heavy atom. The van der Waals surface area contributed by atoms with Gasteiger partial charge in [0.05, 0.1) is 0 Å². The largest absolute Gasteiger partial charge is 0.261 e. The number of pyridine rings is 1. The highest BCUT2D eigenvalue weighted by Crippen LogP contribution is 2.62. The molecule has 0 aliphatic heterocycles. The average Bonchev–Trinajstić information content (AvgIpc) is 2.37. The van der Waals surface area contributed by atoms with Crippen LogP contribution >= 0.6 is 15.9 Å². The molecule has 20 heavy (non-hydrogen) atoms. The summed E-state index contributed by atoms with van der Waals surface area (Å²) in [5, 5.41) is 0. The lowest BCUT2D eigenvalue weighted by Crippen LogP contribution is -2.47. The van der Waals surface area contributed by atoms with Crippen LogP contribution < -0.4 is 0 Å². The molecule has 1 aromatic heterocycles. The predicted molar refractivity (Wildman–Crippen MR) is 85.9 cm³/mol. The molecule has 0 saturated heterocycles. The molecule has 0 amide bonds. The zero-order chi connectivity index (χ0) is 13.6. The first-order valence-corrected chi connectivity index (χ1v) is 9.16. The van der Waals surface area contributed by atoms with E-state index in [0.717, 1.165) is 24.2 Å². The van der Waals surface area contributed by atoms with Crippen molar-refractivity contribution in [3.05, 3.63) is 30.1 Å². The third kappa shape index (κ3) is 2.56. The second kappa shape index (κ2) is 5.12. The highest BCUT2D eigenvalue weighted by Gasteiger charge is 2.51. The molecular formula is C18H24BrN. The minimum absolute atomic E-state index is 0.605. The van der Waals surface area contributed by atoms with Crippen molar-refractivity contribution in [3.63, 3.8) is 0 Å². The first kappa shape index (κ1) is 13.3. The monoisotopic (exact) mass is 333 g/mol. The third-order valence-electron chi connectivity index (χ3n) is 5.98. The highest BCUT2D eigenvalue weighted by molar-refractivity contribution is 9.09. The molecule has 2 heteroatoms. The Morgan fingerprint density at radius 3 is 2.30 bits per heavy atom. The van der Waals surface area contributed by atoms with Gasteiger partial charge in [0.2, 0.25) is 0 Å². The molecule has 0 radical (unpaired) electrons. The van der Waals surface area contributed by atoms with Gasteiger partial charge in [0.15, 0.2) is 0 Å². The molecule has 4 bridgehead atoms. The lowest BCUT2D eigenvalue weighted by atomic mass is 9.48. The molecule has 4 aliphatic carbocycles. The molecule has 1 nitrogen and oxygen atoms in total. The molecule has 5 rings (SSSR count). The fourth-order valence-electron chi connectivity index (χ4n) is 5.83. The van der Waals surface area contributed by atoms with Crippen molar-refractivity contribution in [1.29, 1.82) is 0 Å². The second-order valence-corrected chi connectivity index (χ2v) is 9.04. The van der Waals surface area contributed by atoms with Crippen LogP contribution in [0.25, 0.3) is 0 Å². The van der Waals surface area contributed by atoms with E-state index in [0.29, 0.717) is 10.2 Å². The van der Waals surface area contributed by atoms with Crippen LogP contribution in [0.2, 0.25) is 0 Å². The van der Waals surface area contributed by atoms with Crippen molar-refractivity contribution >= 4 is 15.9 Å². The number of hydrogen-bond donors (Lipinski definition) is 0. The van der Waals surface area contributed by atoms with Crippen molar-refractivity contribution in [2.45, 2.75) is 56.2 Å². The van der Waals surface area contributed by atoms with Crippen LogP contribution in [0.5, 0.6) is 0 Å². The molecule has 4 saturated carbocycles. The molecule has 1 aromatic rings. The fraction of sp³-hybridized carbons (Fsp3) is 0.722. The molecule has 1 unspecified atom stereocenters. The zero-order valence-corrected chi connectivity index (χ0v) is 13.7. The van der Waals surface area contributed by atoms with Crippen molar-refractivity contribution in [1.82, 2.24) is 4.98 Å². The van der Waals surface area contributed by atoms with Crippen LogP contribution in [-0.4, -0.2) is 9.81 Å². The van der Waals surface area contributed by atoms with Gasteiger partial charge in [-0.3, -0.25) is 4.98 Å². The third-order valence-corrected chi connectivity index (χ3v) is 6.62. The standard InChI is InChI=1S/C18H24BrN/c19-16(8-17-3-1-2-4-20-17)12-18-9-13-5-14(10-18)7-15(6-13)11-18/h1-4,13-16H,5-12H2. The summed E-state index contributed by atoms with van der Waals surface area (Å²) in [5.74, 6) is 3.20. The lowest BCUT2D eigenvalue weighted by Gasteiger charge is -2.57. The van der Waals surface area contributed by atoms with E-state index in [1.54, 1.807) is 19.3 Å². The van der Waals surface area contributed by atoms with Gasteiger partial charge in [0, 0.05) is 23.1 Å². The van der Waals surface area contributed by atoms with E-state index in [9.17, 15) is 0 Å². The summed E-state index contributed by atoms with van der Waals surface area (Å²) in [7, 11) is 0. The van der Waals surface area contributed by atoms with Gasteiger partial charge in [-0.15, -0.1) is 0 Å². The molecule has 1 heterocycles. The topological polar surface area (TPSA) is 12.9 Å². The Balaban J connectivity index is 1.43. The Bertz CT molecular complexity index is 434. The fourth-order valence-corrected chi connectivity index (χ4v) is 6.85. The van der Waals surface area contributed by atoms with Gasteiger partial charge in [0.25, 0.3) is 0 Å². The first-order valence-electron chi connectivity index (χ1n) is 8.25. The number of rotatable bonds is 4. The van der Waals surface area contributed by atoms with E-state index in [1.807, 2.05) is 12.3 Å². The first-order chi connectivity index (χ1) is 9.71. The summed E-state index contributed by atoms with van der Waals surface area (Å²) in [6.45, 7) is 0. The lowest BCUT2D eigenvalue weighted by molar-refractivity contribution is -0.0569. The molecule has 4 aliphatic rings. The molecule has 0 spiro atoms. The van der Waals surface area contributed by atoms with Gasteiger partial charge >= 0.3 is 0 Å². The molecule has 4 fully saturated rings. The molecule has 0 N–H and O–H groups in total. The summed E-state index contributed by atoms with van der Waals surface area (Å²) in [5.41, 5.74) is 1.91. The van der Waals surface area contributed by atoms with Gasteiger partial charge in [-0.2, -0.15) is 0 Å². The van der Waals surface area contributed by atoms with E-state index in [1.165, 1.54) is 31.4 Å². The zero-order valence-electron chi connectivity index (χ0n) is 12.1. The minimum Gasteiger partial charge on any atom is -0.261 e. The van der Waals surface area contributed by atoms with E-state index in [2.05, 4.69) is 33.0 Å². The molecule has 1 atom stereocenters. The number of halogens is 1. The van der Waals surface area contributed by atoms with Crippen LogP contribution in [0.4, 0.5) is 0 Å². The molecule has 0 aromatic carbocycles. The Labute approximate surface area is 130 Å². The van der Waals surface area contributed by atoms with Crippen LogP contribution in [0.1, 0.15) is 50.6 Å². The van der Waals surface area contributed by atoms with Crippen molar-refractivity contribution < 1.29 is 0 Å². The van der Waals surface area contributed by atoms with Crippen molar-refractivity contribution in [2.75, 3.05) is 0 Å².